The number of anilines is 1. The average Bonchev–Trinajstić information content (AvgIpc) is 3.32. The van der Waals surface area contributed by atoms with Crippen LogP contribution in [0.2, 0.25) is 0 Å². The third-order valence-corrected chi connectivity index (χ3v) is 4.80. The number of ether oxygens (including phenoxy) is 4. The number of methoxy groups -OCH3 is 1. The molecule has 192 valence electrons. The molecule has 2 aromatic rings. The maximum absolute atomic E-state index is 13.2. The number of pyridine rings is 1. The second-order valence-electron chi connectivity index (χ2n) is 7.81. The number of amides is 2. The molecule has 1 atom stereocenters. The van der Waals surface area contributed by atoms with Crippen LogP contribution >= 0.6 is 0 Å². The number of alkyl halides is 3. The molecule has 35 heavy (non-hydrogen) atoms. The monoisotopic (exact) mass is 503 g/mol. The molecule has 16 heteroatoms. The van der Waals surface area contributed by atoms with E-state index in [1.807, 2.05) is 0 Å². The number of halogens is 3. The summed E-state index contributed by atoms with van der Waals surface area (Å²) in [5.74, 6) is -0.791. The molecule has 0 aromatic carbocycles. The third-order valence-electron chi connectivity index (χ3n) is 4.80. The Bertz CT molecular complexity index is 1050. The summed E-state index contributed by atoms with van der Waals surface area (Å²) in [6, 6.07) is 1.68. The van der Waals surface area contributed by atoms with Crippen LogP contribution in [0.15, 0.2) is 12.1 Å². The Kier molecular flexibility index (Phi) is 8.18. The summed E-state index contributed by atoms with van der Waals surface area (Å²) >= 11 is 0. The van der Waals surface area contributed by atoms with Crippen LogP contribution in [0.1, 0.15) is 28.7 Å². The number of tetrazole rings is 1. The first-order valence-electron chi connectivity index (χ1n) is 10.3. The quantitative estimate of drug-likeness (QED) is 0.445. The molecule has 1 aliphatic heterocycles. The van der Waals surface area contributed by atoms with Crippen molar-refractivity contribution in [2.24, 2.45) is 7.05 Å². The van der Waals surface area contributed by atoms with Gasteiger partial charge in [0.1, 0.15) is 12.4 Å². The second kappa shape index (κ2) is 10.9. The summed E-state index contributed by atoms with van der Waals surface area (Å²) in [4.78, 5) is 29.6. The highest BCUT2D eigenvalue weighted by Crippen LogP contribution is 2.29. The zero-order valence-corrected chi connectivity index (χ0v) is 19.2. The molecule has 1 unspecified atom stereocenters. The van der Waals surface area contributed by atoms with Gasteiger partial charge < -0.3 is 18.9 Å². The van der Waals surface area contributed by atoms with E-state index >= 15 is 0 Å². The van der Waals surface area contributed by atoms with Crippen LogP contribution in [-0.2, 0) is 38.8 Å². The van der Waals surface area contributed by atoms with Crippen LogP contribution in [0.5, 0.6) is 0 Å². The summed E-state index contributed by atoms with van der Waals surface area (Å²) in [6.45, 7) is 1.73. The highest BCUT2D eigenvalue weighted by molar-refractivity contribution is 6.04. The standard InChI is InChI=1S/C19H24F3N7O6/c1-18(9-29(17(31)35-18)11-33-7-6-32-3)10-34-8-13-12(4-5-14(23-13)19(20,21)22)15(30)24-16-25-26-27-28(16)2/h4-5H,6-11H2,1-3H3,(H,24,25,27,30). The molecule has 0 spiro atoms. The number of cyclic esters (lactones) is 1. The highest BCUT2D eigenvalue weighted by atomic mass is 19.4. The fraction of sp³-hybridized carbons (Fsp3) is 0.579. The lowest BCUT2D eigenvalue weighted by molar-refractivity contribution is -0.141. The molecule has 0 radical (unpaired) electrons. The minimum atomic E-state index is -4.73. The molecular weight excluding hydrogens is 479 g/mol. The first kappa shape index (κ1) is 26.2. The van der Waals surface area contributed by atoms with Gasteiger partial charge in [0.2, 0.25) is 5.95 Å². The van der Waals surface area contributed by atoms with E-state index in [0.29, 0.717) is 12.7 Å². The van der Waals surface area contributed by atoms with Crippen molar-refractivity contribution in [3.05, 3.63) is 29.1 Å². The minimum absolute atomic E-state index is 0.0139. The first-order valence-corrected chi connectivity index (χ1v) is 10.3. The summed E-state index contributed by atoms with van der Waals surface area (Å²) in [7, 11) is 2.99. The van der Waals surface area contributed by atoms with Crippen molar-refractivity contribution in [3.63, 3.8) is 0 Å². The Morgan fingerprint density at radius 2 is 2.06 bits per heavy atom. The second-order valence-corrected chi connectivity index (χ2v) is 7.81. The summed E-state index contributed by atoms with van der Waals surface area (Å²) < 4.78 is 61.9. The molecule has 1 aliphatic rings. The lowest BCUT2D eigenvalue weighted by Gasteiger charge is -2.22. The topological polar surface area (TPSA) is 143 Å². The average molecular weight is 503 g/mol. The molecule has 0 saturated carbocycles. The van der Waals surface area contributed by atoms with Gasteiger partial charge in [0.05, 0.1) is 44.2 Å². The lowest BCUT2D eigenvalue weighted by atomic mass is 10.1. The SMILES string of the molecule is COCCOCN1CC(C)(COCc2nc(C(F)(F)F)ccc2C(=O)Nc2nnnn2C)OC1=O. The molecule has 1 N–H and O–H groups in total. The van der Waals surface area contributed by atoms with E-state index in [1.54, 1.807) is 6.92 Å². The Hall–Kier alpha value is -3.37. The normalized spacial score (nSPS) is 18.1. The van der Waals surface area contributed by atoms with Crippen LogP contribution in [-0.4, -0.2) is 87.9 Å². The van der Waals surface area contributed by atoms with E-state index in [2.05, 4.69) is 25.8 Å². The van der Waals surface area contributed by atoms with Crippen LogP contribution in [0, 0.1) is 0 Å². The van der Waals surface area contributed by atoms with Crippen molar-refractivity contribution in [1.29, 1.82) is 0 Å². The Morgan fingerprint density at radius 1 is 1.29 bits per heavy atom. The molecule has 1 fully saturated rings. The number of aromatic nitrogens is 5. The van der Waals surface area contributed by atoms with Crippen molar-refractivity contribution in [1.82, 2.24) is 30.1 Å². The van der Waals surface area contributed by atoms with E-state index in [4.69, 9.17) is 18.9 Å². The number of hydrogen-bond acceptors (Lipinski definition) is 10. The number of hydrogen-bond donors (Lipinski definition) is 1. The number of carbonyl (C=O) groups excluding carboxylic acids is 2. The maximum Gasteiger partial charge on any atom is 0.433 e. The van der Waals surface area contributed by atoms with Gasteiger partial charge in [-0.3, -0.25) is 15.0 Å². The summed E-state index contributed by atoms with van der Waals surface area (Å²) in [5.41, 5.74) is -2.70. The number of nitrogens with zero attached hydrogens (tertiary/aromatic N) is 6. The molecule has 13 nitrogen and oxygen atoms in total. The largest absolute Gasteiger partial charge is 0.439 e. The van der Waals surface area contributed by atoms with E-state index in [9.17, 15) is 22.8 Å². The van der Waals surface area contributed by atoms with Crippen LogP contribution in [0.3, 0.4) is 0 Å². The fourth-order valence-corrected chi connectivity index (χ4v) is 3.11. The van der Waals surface area contributed by atoms with Gasteiger partial charge in [-0.25, -0.2) is 14.5 Å². The smallest absolute Gasteiger partial charge is 0.433 e. The highest BCUT2D eigenvalue weighted by Gasteiger charge is 2.42. The Labute approximate surface area is 197 Å². The Balaban J connectivity index is 1.67. The Morgan fingerprint density at radius 3 is 2.71 bits per heavy atom. The van der Waals surface area contributed by atoms with E-state index < -0.39 is 36.1 Å². The molecule has 0 aliphatic carbocycles. The summed E-state index contributed by atoms with van der Waals surface area (Å²) in [5, 5.41) is 12.9. The zero-order valence-electron chi connectivity index (χ0n) is 19.2. The number of nitrogens with one attached hydrogen (secondary N) is 1. The minimum Gasteiger partial charge on any atom is -0.439 e. The van der Waals surface area contributed by atoms with Gasteiger partial charge in [-0.15, -0.1) is 0 Å². The van der Waals surface area contributed by atoms with Gasteiger partial charge in [-0.05, 0) is 29.5 Å². The van der Waals surface area contributed by atoms with Gasteiger partial charge in [0.25, 0.3) is 5.91 Å². The lowest BCUT2D eigenvalue weighted by Crippen LogP contribution is -2.37. The predicted molar refractivity (Wildman–Crippen MR) is 110 cm³/mol. The van der Waals surface area contributed by atoms with E-state index in [0.717, 1.165) is 6.07 Å². The summed E-state index contributed by atoms with van der Waals surface area (Å²) in [6.07, 6.45) is -5.35. The molecule has 3 heterocycles. The predicted octanol–water partition coefficient (Wildman–Crippen LogP) is 1.22. The van der Waals surface area contributed by atoms with Crippen molar-refractivity contribution in [2.45, 2.75) is 25.3 Å². The number of rotatable bonds is 11. The fourth-order valence-electron chi connectivity index (χ4n) is 3.11. The van der Waals surface area contributed by atoms with Gasteiger partial charge >= 0.3 is 12.3 Å². The first-order chi connectivity index (χ1) is 16.5. The number of aryl methyl sites for hydroxylation is 1. The molecule has 2 amide bonds. The maximum atomic E-state index is 13.2. The van der Waals surface area contributed by atoms with Crippen LogP contribution in [0.4, 0.5) is 23.9 Å². The van der Waals surface area contributed by atoms with Crippen molar-refractivity contribution in [2.75, 3.05) is 45.5 Å². The van der Waals surface area contributed by atoms with Crippen LogP contribution in [0.25, 0.3) is 0 Å². The van der Waals surface area contributed by atoms with Crippen LogP contribution < -0.4 is 5.32 Å². The number of carbonyl (C=O) groups is 2. The van der Waals surface area contributed by atoms with E-state index in [1.165, 1.54) is 23.7 Å². The van der Waals surface area contributed by atoms with Gasteiger partial charge in [-0.1, -0.05) is 5.10 Å². The van der Waals surface area contributed by atoms with Gasteiger partial charge in [0, 0.05) is 14.2 Å². The third kappa shape index (κ3) is 6.83. The molecular formula is C19H24F3N7O6. The van der Waals surface area contributed by atoms with Gasteiger partial charge in [0.15, 0.2) is 5.60 Å². The molecule has 3 rings (SSSR count). The molecule has 1 saturated heterocycles. The molecule has 2 aromatic heterocycles. The van der Waals surface area contributed by atoms with Crippen molar-refractivity contribution in [3.8, 4) is 0 Å². The van der Waals surface area contributed by atoms with Crippen molar-refractivity contribution < 1.29 is 41.7 Å². The zero-order chi connectivity index (χ0) is 25.6. The van der Waals surface area contributed by atoms with E-state index in [-0.39, 0.29) is 43.7 Å². The molecule has 0 bridgehead atoms. The van der Waals surface area contributed by atoms with Gasteiger partial charge in [-0.2, -0.15) is 13.2 Å². The van der Waals surface area contributed by atoms with Crippen molar-refractivity contribution >= 4 is 17.9 Å².